The second-order valence-electron chi connectivity index (χ2n) is 4.31. The Balaban J connectivity index is 2.27. The number of cyclic esters (lactones) is 1. The van der Waals surface area contributed by atoms with Crippen LogP contribution >= 0.6 is 15.9 Å². The van der Waals surface area contributed by atoms with Crippen LogP contribution in [0.15, 0.2) is 40.9 Å². The van der Waals surface area contributed by atoms with E-state index in [9.17, 15) is 9.59 Å². The Morgan fingerprint density at radius 2 is 2.06 bits per heavy atom. The van der Waals surface area contributed by atoms with Gasteiger partial charge in [0.25, 0.3) is 0 Å². The fourth-order valence-corrected chi connectivity index (χ4v) is 2.41. The van der Waals surface area contributed by atoms with Gasteiger partial charge >= 0.3 is 5.97 Å². The van der Waals surface area contributed by atoms with Gasteiger partial charge < -0.3 is 9.53 Å². The number of benzene rings is 1. The number of ether oxygens (including phenoxy) is 1. The van der Waals surface area contributed by atoms with E-state index in [-0.39, 0.29) is 23.8 Å². The van der Waals surface area contributed by atoms with Gasteiger partial charge in [-0.2, -0.15) is 0 Å². The van der Waals surface area contributed by atoms with Gasteiger partial charge in [0.05, 0.1) is 0 Å². The van der Waals surface area contributed by atoms with Crippen molar-refractivity contribution in [1.29, 1.82) is 0 Å². The monoisotopic (exact) mass is 308 g/mol. The van der Waals surface area contributed by atoms with Crippen molar-refractivity contribution >= 4 is 27.7 Å². The lowest BCUT2D eigenvalue weighted by Gasteiger charge is -2.21. The van der Waals surface area contributed by atoms with E-state index in [0.717, 1.165) is 5.56 Å². The second kappa shape index (κ2) is 5.48. The maximum atomic E-state index is 11.4. The molecule has 0 spiro atoms. The molecule has 0 N–H and O–H groups in total. The molecule has 18 heavy (non-hydrogen) atoms. The lowest BCUT2D eigenvalue weighted by Crippen LogP contribution is -2.20. The van der Waals surface area contributed by atoms with Crippen LogP contribution in [0.2, 0.25) is 0 Å². The zero-order valence-electron chi connectivity index (χ0n) is 9.93. The molecule has 0 bridgehead atoms. The summed E-state index contributed by atoms with van der Waals surface area (Å²) in [5, 5.41) is 0. The van der Waals surface area contributed by atoms with Crippen molar-refractivity contribution in [3.63, 3.8) is 0 Å². The average molecular weight is 309 g/mol. The number of halogens is 1. The topological polar surface area (TPSA) is 43.4 Å². The lowest BCUT2D eigenvalue weighted by atomic mass is 9.89. The third-order valence-corrected chi connectivity index (χ3v) is 3.47. The van der Waals surface area contributed by atoms with Crippen molar-refractivity contribution in [1.82, 2.24) is 0 Å². The van der Waals surface area contributed by atoms with Crippen LogP contribution in [0.5, 0.6) is 0 Å². The number of carbonyl (C=O) groups is 2. The Labute approximate surface area is 114 Å². The number of carbonyl (C=O) groups excluding carboxylic acids is 2. The van der Waals surface area contributed by atoms with E-state index in [4.69, 9.17) is 4.74 Å². The molecule has 0 aliphatic carbocycles. The van der Waals surface area contributed by atoms with Gasteiger partial charge in [-0.3, -0.25) is 0 Å². The van der Waals surface area contributed by atoms with Crippen molar-refractivity contribution in [2.24, 2.45) is 0 Å². The molecule has 0 aromatic heterocycles. The van der Waals surface area contributed by atoms with E-state index >= 15 is 0 Å². The molecular formula is C14H13BrO3. The van der Waals surface area contributed by atoms with Gasteiger partial charge in [-0.1, -0.05) is 30.3 Å². The number of hydrogen-bond donors (Lipinski definition) is 0. The van der Waals surface area contributed by atoms with Crippen LogP contribution in [0.3, 0.4) is 0 Å². The molecule has 94 valence electrons. The lowest BCUT2D eigenvalue weighted by molar-refractivity contribution is -0.140. The number of ketones is 1. The Kier molecular flexibility index (Phi) is 3.97. The molecular weight excluding hydrogens is 296 g/mol. The summed E-state index contributed by atoms with van der Waals surface area (Å²) in [6.07, 6.45) is 1.71. The van der Waals surface area contributed by atoms with Crippen LogP contribution in [-0.2, 0) is 14.3 Å². The van der Waals surface area contributed by atoms with E-state index < -0.39 is 0 Å². The Morgan fingerprint density at radius 3 is 2.56 bits per heavy atom. The fourth-order valence-electron chi connectivity index (χ4n) is 2.06. The van der Waals surface area contributed by atoms with Crippen LogP contribution in [0, 0.1) is 0 Å². The summed E-state index contributed by atoms with van der Waals surface area (Å²) in [4.78, 5) is 22.8. The standard InChI is InChI=1S/C14H13BrO3/c1-9(16)7-11(10-5-3-2-4-6-10)13-8-12(15)14(17)18-13/h2-6,8,11,13H,7H2,1H3/t11-,13-/m0/s1. The summed E-state index contributed by atoms with van der Waals surface area (Å²) in [6, 6.07) is 9.64. The zero-order chi connectivity index (χ0) is 13.1. The molecule has 0 radical (unpaired) electrons. The maximum absolute atomic E-state index is 11.4. The molecule has 1 aromatic rings. The highest BCUT2D eigenvalue weighted by Crippen LogP contribution is 2.32. The molecule has 1 aromatic carbocycles. The van der Waals surface area contributed by atoms with Crippen molar-refractivity contribution in [3.8, 4) is 0 Å². The Bertz CT molecular complexity index is 493. The summed E-state index contributed by atoms with van der Waals surface area (Å²) in [6.45, 7) is 1.55. The van der Waals surface area contributed by atoms with E-state index in [1.165, 1.54) is 0 Å². The minimum absolute atomic E-state index is 0.0799. The van der Waals surface area contributed by atoms with Crippen LogP contribution in [0.25, 0.3) is 0 Å². The number of esters is 1. The predicted octanol–water partition coefficient (Wildman–Crippen LogP) is 2.95. The van der Waals surface area contributed by atoms with Gasteiger partial charge in [0, 0.05) is 12.3 Å². The van der Waals surface area contributed by atoms with E-state index in [0.29, 0.717) is 10.9 Å². The molecule has 0 fully saturated rings. The summed E-state index contributed by atoms with van der Waals surface area (Å²) >= 11 is 3.15. The molecule has 0 unspecified atom stereocenters. The summed E-state index contributed by atoms with van der Waals surface area (Å²) in [5.74, 6) is -0.413. The van der Waals surface area contributed by atoms with Gasteiger partial charge in [-0.15, -0.1) is 0 Å². The highest BCUT2D eigenvalue weighted by atomic mass is 79.9. The van der Waals surface area contributed by atoms with Crippen molar-refractivity contribution in [3.05, 3.63) is 46.5 Å². The Morgan fingerprint density at radius 1 is 1.39 bits per heavy atom. The highest BCUT2D eigenvalue weighted by molar-refractivity contribution is 9.12. The summed E-state index contributed by atoms with van der Waals surface area (Å²) < 4.78 is 5.69. The minimum Gasteiger partial charge on any atom is -0.453 e. The van der Waals surface area contributed by atoms with Crippen molar-refractivity contribution < 1.29 is 14.3 Å². The molecule has 3 nitrogen and oxygen atoms in total. The molecule has 1 aliphatic heterocycles. The van der Waals surface area contributed by atoms with Gasteiger partial charge in [0.2, 0.25) is 0 Å². The zero-order valence-corrected chi connectivity index (χ0v) is 11.5. The van der Waals surface area contributed by atoms with Gasteiger partial charge in [0.15, 0.2) is 0 Å². The summed E-state index contributed by atoms with van der Waals surface area (Å²) in [5.41, 5.74) is 1.00. The van der Waals surface area contributed by atoms with Crippen LogP contribution in [0.4, 0.5) is 0 Å². The third-order valence-electron chi connectivity index (χ3n) is 2.88. The normalized spacial score (nSPS) is 20.2. The van der Waals surface area contributed by atoms with Gasteiger partial charge in [-0.25, -0.2) is 4.79 Å². The largest absolute Gasteiger partial charge is 0.453 e. The fraction of sp³-hybridized carbons (Fsp3) is 0.286. The number of hydrogen-bond acceptors (Lipinski definition) is 3. The molecule has 1 aliphatic rings. The number of Topliss-reactive ketones (excluding diaryl/α,β-unsaturated/α-hetero) is 1. The third kappa shape index (κ3) is 2.88. The predicted molar refractivity (Wildman–Crippen MR) is 71.4 cm³/mol. The number of rotatable bonds is 4. The van der Waals surface area contributed by atoms with Crippen molar-refractivity contribution in [2.75, 3.05) is 0 Å². The average Bonchev–Trinajstić information content (AvgIpc) is 2.67. The van der Waals surface area contributed by atoms with Gasteiger partial charge in [-0.05, 0) is 34.5 Å². The quantitative estimate of drug-likeness (QED) is 0.803. The van der Waals surface area contributed by atoms with Crippen LogP contribution < -0.4 is 0 Å². The summed E-state index contributed by atoms with van der Waals surface area (Å²) in [7, 11) is 0. The minimum atomic E-state index is -0.377. The van der Waals surface area contributed by atoms with Crippen LogP contribution in [0.1, 0.15) is 24.8 Å². The first-order valence-electron chi connectivity index (χ1n) is 5.70. The molecule has 0 saturated carbocycles. The van der Waals surface area contributed by atoms with E-state index in [1.807, 2.05) is 30.3 Å². The smallest absolute Gasteiger partial charge is 0.345 e. The SMILES string of the molecule is CC(=O)C[C@@H](c1ccccc1)[C@@H]1C=C(Br)C(=O)O1. The molecule has 2 atom stereocenters. The first-order chi connectivity index (χ1) is 8.58. The van der Waals surface area contributed by atoms with Crippen LogP contribution in [-0.4, -0.2) is 17.9 Å². The van der Waals surface area contributed by atoms with E-state index in [1.54, 1.807) is 13.0 Å². The molecule has 0 saturated heterocycles. The second-order valence-corrected chi connectivity index (χ2v) is 5.16. The molecule has 1 heterocycles. The molecule has 2 rings (SSSR count). The molecule has 4 heteroatoms. The van der Waals surface area contributed by atoms with E-state index in [2.05, 4.69) is 15.9 Å². The maximum Gasteiger partial charge on any atom is 0.345 e. The highest BCUT2D eigenvalue weighted by Gasteiger charge is 2.32. The first kappa shape index (κ1) is 13.0. The molecule has 0 amide bonds. The Hall–Kier alpha value is -1.42. The first-order valence-corrected chi connectivity index (χ1v) is 6.50. The van der Waals surface area contributed by atoms with Crippen molar-refractivity contribution in [2.45, 2.75) is 25.4 Å². The van der Waals surface area contributed by atoms with Gasteiger partial charge in [0.1, 0.15) is 16.4 Å².